The highest BCUT2D eigenvalue weighted by Crippen LogP contribution is 2.33. The Balaban J connectivity index is 0.00000385. The second-order valence-corrected chi connectivity index (χ2v) is 15.3. The van der Waals surface area contributed by atoms with Crippen LogP contribution in [0.4, 0.5) is 4.79 Å². The Hall–Kier alpha value is -1.70. The van der Waals surface area contributed by atoms with Gasteiger partial charge in [0.2, 0.25) is 0 Å². The van der Waals surface area contributed by atoms with Crippen LogP contribution in [-0.4, -0.2) is 43.6 Å². The average molecular weight is 536 g/mol. The molecule has 7 heteroatoms. The number of hydrogen-bond donors (Lipinski definition) is 0. The maximum Gasteiger partial charge on any atom is 0.410 e. The van der Waals surface area contributed by atoms with E-state index in [-0.39, 0.29) is 28.7 Å². The molecule has 182 valence electrons. The zero-order valence-corrected chi connectivity index (χ0v) is 23.5. The number of carbonyl (C=O) groups is 1. The molecule has 0 spiro atoms. The van der Waals surface area contributed by atoms with Gasteiger partial charge in [0, 0.05) is 37.2 Å². The molecule has 0 saturated carbocycles. The average Bonchev–Trinajstić information content (AvgIpc) is 2.68. The van der Waals surface area contributed by atoms with Crippen LogP contribution in [0.25, 0.3) is 0 Å². The van der Waals surface area contributed by atoms with Gasteiger partial charge in [-0.3, -0.25) is 0 Å². The highest BCUT2D eigenvalue weighted by molar-refractivity contribution is 6.69. The van der Waals surface area contributed by atoms with Gasteiger partial charge in [0.05, 0.1) is 5.60 Å². The van der Waals surface area contributed by atoms with Gasteiger partial charge >= 0.3 is 6.09 Å². The van der Waals surface area contributed by atoms with E-state index in [4.69, 9.17) is 9.16 Å². The van der Waals surface area contributed by atoms with Gasteiger partial charge in [0.15, 0.2) is 27.3 Å². The van der Waals surface area contributed by atoms with Gasteiger partial charge in [-0.2, -0.15) is 0 Å². The summed E-state index contributed by atoms with van der Waals surface area (Å²) < 4.78 is 14.6. The van der Waals surface area contributed by atoms with Crippen LogP contribution >= 0.6 is 0 Å². The molecular formula is C26H39BrN2O3Si. The van der Waals surface area contributed by atoms with Crippen LogP contribution in [0.2, 0.25) is 19.6 Å². The number of likely N-dealkylation sites (tertiary alicyclic amines) is 1. The molecule has 1 amide bonds. The molecule has 3 rings (SSSR count). The number of rotatable bonds is 6. The van der Waals surface area contributed by atoms with Crippen molar-refractivity contribution in [3.8, 4) is 0 Å². The Labute approximate surface area is 211 Å². The van der Waals surface area contributed by atoms with Crippen molar-refractivity contribution in [3.63, 3.8) is 0 Å². The van der Waals surface area contributed by atoms with Crippen molar-refractivity contribution in [1.29, 1.82) is 0 Å². The van der Waals surface area contributed by atoms with Crippen molar-refractivity contribution in [2.75, 3.05) is 13.1 Å². The normalized spacial score (nSPS) is 16.1. The summed E-state index contributed by atoms with van der Waals surface area (Å²) in [6.07, 6.45) is 6.61. The van der Waals surface area contributed by atoms with E-state index in [0.29, 0.717) is 13.1 Å². The third-order valence-corrected chi connectivity index (χ3v) is 6.59. The summed E-state index contributed by atoms with van der Waals surface area (Å²) in [4.78, 5) is 14.4. The molecule has 1 fully saturated rings. The molecule has 33 heavy (non-hydrogen) atoms. The minimum atomic E-state index is -1.76. The standard InChI is InChI=1S/C26H39N2O3Si.BrH/c1-25(2,3)30-24(29)28-18-14-26(15-19-28,31-32(4,5)6)20-22-12-16-27(17-13-22)21-23-10-8-7-9-11-23;/h7-13,16-17H,14-15,18-21H2,1-6H3;1H/q+1;/p-1. The second-order valence-electron chi connectivity index (χ2n) is 10.9. The smallest absolute Gasteiger partial charge is 0.410 e. The first-order valence-electron chi connectivity index (χ1n) is 11.6. The minimum Gasteiger partial charge on any atom is -1.00 e. The maximum atomic E-state index is 12.5. The minimum absolute atomic E-state index is 0. The molecule has 0 N–H and O–H groups in total. The van der Waals surface area contributed by atoms with Crippen LogP contribution < -0.4 is 21.5 Å². The number of pyridine rings is 1. The number of benzene rings is 1. The summed E-state index contributed by atoms with van der Waals surface area (Å²) in [5.74, 6) is 0. The zero-order chi connectivity index (χ0) is 23.4. The molecule has 1 saturated heterocycles. The van der Waals surface area contributed by atoms with Gasteiger partial charge in [-0.05, 0) is 58.8 Å². The molecule has 2 aromatic rings. The summed E-state index contributed by atoms with van der Waals surface area (Å²) in [6, 6.07) is 14.9. The van der Waals surface area contributed by atoms with Crippen LogP contribution in [0.15, 0.2) is 54.9 Å². The molecule has 0 atom stereocenters. The Morgan fingerprint density at radius 3 is 2.09 bits per heavy atom. The molecule has 1 aromatic carbocycles. The first kappa shape index (κ1) is 27.5. The SMILES string of the molecule is CC(C)(C)OC(=O)N1CCC(Cc2cc[n+](Cc3ccccc3)cc2)(O[Si](C)(C)C)CC1.[Br-]. The van der Waals surface area contributed by atoms with Gasteiger partial charge in [0.25, 0.3) is 0 Å². The second kappa shape index (κ2) is 11.1. The highest BCUT2D eigenvalue weighted by Gasteiger charge is 2.41. The number of ether oxygens (including phenoxy) is 1. The third-order valence-electron chi connectivity index (χ3n) is 5.54. The van der Waals surface area contributed by atoms with Crippen molar-refractivity contribution in [3.05, 3.63) is 66.0 Å². The first-order valence-corrected chi connectivity index (χ1v) is 15.0. The van der Waals surface area contributed by atoms with Gasteiger partial charge in [0.1, 0.15) is 5.60 Å². The summed E-state index contributed by atoms with van der Waals surface area (Å²) in [7, 11) is -1.76. The van der Waals surface area contributed by atoms with Crippen molar-refractivity contribution in [2.45, 2.75) is 77.4 Å². The Morgan fingerprint density at radius 2 is 1.58 bits per heavy atom. The molecule has 2 heterocycles. The lowest BCUT2D eigenvalue weighted by Crippen LogP contribution is -3.00. The largest absolute Gasteiger partial charge is 1.00 e. The van der Waals surface area contributed by atoms with Gasteiger partial charge < -0.3 is 31.0 Å². The number of hydrogen-bond acceptors (Lipinski definition) is 3. The lowest BCUT2D eigenvalue weighted by atomic mass is 9.85. The number of piperidine rings is 1. The van der Waals surface area contributed by atoms with E-state index in [9.17, 15) is 4.79 Å². The molecule has 1 aliphatic rings. The molecule has 5 nitrogen and oxygen atoms in total. The first-order chi connectivity index (χ1) is 14.9. The number of amides is 1. The van der Waals surface area contributed by atoms with Crippen molar-refractivity contribution in [1.82, 2.24) is 4.90 Å². The van der Waals surface area contributed by atoms with Crippen LogP contribution in [0.1, 0.15) is 44.7 Å². The van der Waals surface area contributed by atoms with E-state index < -0.39 is 13.9 Å². The molecule has 0 radical (unpaired) electrons. The fraction of sp³-hybridized carbons (Fsp3) is 0.538. The van der Waals surface area contributed by atoms with Crippen molar-refractivity contribution in [2.24, 2.45) is 0 Å². The lowest BCUT2D eigenvalue weighted by Gasteiger charge is -2.45. The maximum absolute atomic E-state index is 12.5. The number of carbonyl (C=O) groups excluding carboxylic acids is 1. The number of aromatic nitrogens is 1. The fourth-order valence-corrected chi connectivity index (χ4v) is 5.84. The Morgan fingerprint density at radius 1 is 1.00 bits per heavy atom. The van der Waals surface area contributed by atoms with E-state index >= 15 is 0 Å². The van der Waals surface area contributed by atoms with E-state index in [1.807, 2.05) is 31.7 Å². The summed E-state index contributed by atoms with van der Waals surface area (Å²) in [6.45, 7) is 14.7. The van der Waals surface area contributed by atoms with E-state index in [1.165, 1.54) is 11.1 Å². The molecule has 0 aliphatic carbocycles. The summed E-state index contributed by atoms with van der Waals surface area (Å²) in [5, 5.41) is 0. The van der Waals surface area contributed by atoms with E-state index in [0.717, 1.165) is 25.8 Å². The summed E-state index contributed by atoms with van der Waals surface area (Å²) in [5.41, 5.74) is 1.87. The predicted octanol–water partition coefficient (Wildman–Crippen LogP) is 2.19. The number of nitrogens with zero attached hydrogens (tertiary/aromatic N) is 2. The topological polar surface area (TPSA) is 42.7 Å². The van der Waals surface area contributed by atoms with Crippen molar-refractivity contribution >= 4 is 14.4 Å². The Bertz CT molecular complexity index is 884. The van der Waals surface area contributed by atoms with Crippen LogP contribution in [0.5, 0.6) is 0 Å². The predicted molar refractivity (Wildman–Crippen MR) is 130 cm³/mol. The monoisotopic (exact) mass is 534 g/mol. The van der Waals surface area contributed by atoms with Crippen LogP contribution in [-0.2, 0) is 22.1 Å². The van der Waals surface area contributed by atoms with Crippen LogP contribution in [0, 0.1) is 0 Å². The van der Waals surface area contributed by atoms with E-state index in [1.54, 1.807) is 0 Å². The highest BCUT2D eigenvalue weighted by atomic mass is 79.9. The third kappa shape index (κ3) is 8.87. The fourth-order valence-electron chi connectivity index (χ4n) is 4.27. The van der Waals surface area contributed by atoms with Gasteiger partial charge in [-0.15, -0.1) is 0 Å². The number of halogens is 1. The van der Waals surface area contributed by atoms with E-state index in [2.05, 4.69) is 73.0 Å². The van der Waals surface area contributed by atoms with Gasteiger partial charge in [-0.25, -0.2) is 9.36 Å². The molecule has 0 unspecified atom stereocenters. The van der Waals surface area contributed by atoms with Crippen molar-refractivity contribution < 1.29 is 35.5 Å². The van der Waals surface area contributed by atoms with Crippen LogP contribution in [0.3, 0.4) is 0 Å². The van der Waals surface area contributed by atoms with Gasteiger partial charge in [-0.1, -0.05) is 30.3 Å². The molecular weight excluding hydrogens is 496 g/mol. The Kier molecular flexibility index (Phi) is 9.30. The molecule has 0 bridgehead atoms. The molecule has 1 aromatic heterocycles. The summed E-state index contributed by atoms with van der Waals surface area (Å²) >= 11 is 0. The quantitative estimate of drug-likeness (QED) is 0.421. The zero-order valence-electron chi connectivity index (χ0n) is 20.9. The lowest BCUT2D eigenvalue weighted by molar-refractivity contribution is -0.688. The molecule has 1 aliphatic heterocycles.